The fraction of sp³-hybridized carbons (Fsp3) is 0.222. The second-order valence-electron chi connectivity index (χ2n) is 5.41. The number of nitrogens with one attached hydrogen (secondary N) is 1. The summed E-state index contributed by atoms with van der Waals surface area (Å²) in [5.74, 6) is -0.116. The van der Waals surface area contributed by atoms with Gasteiger partial charge in [0.2, 0.25) is 5.91 Å². The predicted octanol–water partition coefficient (Wildman–Crippen LogP) is 3.64. The molecule has 23 heavy (non-hydrogen) atoms. The maximum Gasteiger partial charge on any atom is 0.253 e. The number of thiophene rings is 1. The summed E-state index contributed by atoms with van der Waals surface area (Å²) >= 11 is 1.58. The first-order valence-electron chi connectivity index (χ1n) is 7.64. The van der Waals surface area contributed by atoms with E-state index in [4.69, 9.17) is 0 Å². The van der Waals surface area contributed by atoms with Crippen molar-refractivity contribution in [1.82, 2.24) is 4.90 Å². The molecule has 0 unspecified atom stereocenters. The van der Waals surface area contributed by atoms with Crippen LogP contribution in [-0.2, 0) is 4.79 Å². The normalized spacial score (nSPS) is 14.3. The molecule has 1 N–H and O–H groups in total. The van der Waals surface area contributed by atoms with Gasteiger partial charge in [0.15, 0.2) is 0 Å². The molecule has 2 heterocycles. The number of hydrogen-bond donors (Lipinski definition) is 1. The number of amides is 2. The van der Waals surface area contributed by atoms with Crippen LogP contribution in [0.3, 0.4) is 0 Å². The number of nitrogens with zero attached hydrogens (tertiary/aromatic N) is 1. The molecule has 1 aromatic carbocycles. The number of benzene rings is 1. The lowest BCUT2D eigenvalue weighted by atomic mass is 10.2. The molecule has 2 aromatic rings. The molecule has 0 saturated carbocycles. The Labute approximate surface area is 139 Å². The summed E-state index contributed by atoms with van der Waals surface area (Å²) in [6.07, 6.45) is 5.45. The van der Waals surface area contributed by atoms with Crippen LogP contribution in [0.4, 0.5) is 5.69 Å². The summed E-state index contributed by atoms with van der Waals surface area (Å²) in [6.45, 7) is 1.68. The third-order valence-corrected chi connectivity index (χ3v) is 4.57. The van der Waals surface area contributed by atoms with Gasteiger partial charge < -0.3 is 10.2 Å². The Balaban J connectivity index is 1.58. The summed E-state index contributed by atoms with van der Waals surface area (Å²) in [4.78, 5) is 27.0. The Hall–Kier alpha value is -2.40. The zero-order valence-corrected chi connectivity index (χ0v) is 13.5. The first kappa shape index (κ1) is 15.5. The topological polar surface area (TPSA) is 49.4 Å². The molecule has 0 atom stereocenters. The number of hydrogen-bond acceptors (Lipinski definition) is 3. The van der Waals surface area contributed by atoms with Gasteiger partial charge in [-0.15, -0.1) is 11.3 Å². The number of anilines is 1. The highest BCUT2D eigenvalue weighted by molar-refractivity contribution is 7.10. The Morgan fingerprint density at radius 2 is 1.83 bits per heavy atom. The summed E-state index contributed by atoms with van der Waals surface area (Å²) in [5, 5.41) is 4.76. The lowest BCUT2D eigenvalue weighted by molar-refractivity contribution is -0.111. The standard InChI is InChI=1S/C18H18N2O2S/c21-17(10-9-16-4-3-13-23-16)19-15-7-5-14(6-8-15)18(22)20-11-1-2-12-20/h3-10,13H,1-2,11-12H2,(H,19,21)/b10-9+. The van der Waals surface area contributed by atoms with Gasteiger partial charge in [-0.25, -0.2) is 0 Å². The van der Waals surface area contributed by atoms with E-state index in [1.54, 1.807) is 41.7 Å². The SMILES string of the molecule is O=C(/C=C/c1cccs1)Nc1ccc(C(=O)N2CCCC2)cc1. The van der Waals surface area contributed by atoms with Gasteiger partial charge in [-0.2, -0.15) is 0 Å². The van der Waals surface area contributed by atoms with Crippen LogP contribution in [0.15, 0.2) is 47.9 Å². The van der Waals surface area contributed by atoms with Crippen LogP contribution < -0.4 is 5.32 Å². The fourth-order valence-corrected chi connectivity index (χ4v) is 3.14. The van der Waals surface area contributed by atoms with Gasteiger partial charge >= 0.3 is 0 Å². The maximum atomic E-state index is 12.2. The van der Waals surface area contributed by atoms with Crippen molar-refractivity contribution < 1.29 is 9.59 Å². The fourth-order valence-electron chi connectivity index (χ4n) is 2.53. The molecule has 1 aliphatic rings. The van der Waals surface area contributed by atoms with E-state index in [0.29, 0.717) is 11.3 Å². The third kappa shape index (κ3) is 4.07. The first-order chi connectivity index (χ1) is 11.2. The smallest absolute Gasteiger partial charge is 0.253 e. The van der Waals surface area contributed by atoms with Crippen LogP contribution in [-0.4, -0.2) is 29.8 Å². The minimum atomic E-state index is -0.183. The van der Waals surface area contributed by atoms with Crippen molar-refractivity contribution in [1.29, 1.82) is 0 Å². The molecule has 3 rings (SSSR count). The lowest BCUT2D eigenvalue weighted by Gasteiger charge is -2.15. The molecule has 1 fully saturated rings. The van der Waals surface area contributed by atoms with Crippen LogP contribution in [0.1, 0.15) is 28.1 Å². The molecule has 1 saturated heterocycles. The minimum absolute atomic E-state index is 0.0676. The van der Waals surface area contributed by atoms with E-state index in [1.807, 2.05) is 22.4 Å². The molecule has 4 nitrogen and oxygen atoms in total. The van der Waals surface area contributed by atoms with Gasteiger partial charge in [0.05, 0.1) is 0 Å². The highest BCUT2D eigenvalue weighted by Gasteiger charge is 2.19. The van der Waals surface area contributed by atoms with Crippen molar-refractivity contribution in [3.63, 3.8) is 0 Å². The largest absolute Gasteiger partial charge is 0.339 e. The second kappa shape index (κ2) is 7.24. The molecule has 118 valence electrons. The molecule has 0 radical (unpaired) electrons. The zero-order valence-electron chi connectivity index (χ0n) is 12.7. The average molecular weight is 326 g/mol. The van der Waals surface area contributed by atoms with E-state index in [1.165, 1.54) is 6.08 Å². The van der Waals surface area contributed by atoms with Crippen molar-refractivity contribution in [2.24, 2.45) is 0 Å². The van der Waals surface area contributed by atoms with E-state index < -0.39 is 0 Å². The summed E-state index contributed by atoms with van der Waals surface area (Å²) in [6, 6.07) is 10.9. The summed E-state index contributed by atoms with van der Waals surface area (Å²) < 4.78 is 0. The number of rotatable bonds is 4. The second-order valence-corrected chi connectivity index (χ2v) is 6.39. The number of likely N-dealkylation sites (tertiary alicyclic amines) is 1. The van der Waals surface area contributed by atoms with Gasteiger partial charge in [0.25, 0.3) is 5.91 Å². The van der Waals surface area contributed by atoms with Gasteiger partial charge in [-0.3, -0.25) is 9.59 Å². The molecule has 0 aliphatic carbocycles. The lowest BCUT2D eigenvalue weighted by Crippen LogP contribution is -2.27. The van der Waals surface area contributed by atoms with E-state index in [9.17, 15) is 9.59 Å². The number of carbonyl (C=O) groups excluding carboxylic acids is 2. The van der Waals surface area contributed by atoms with Gasteiger partial charge in [0.1, 0.15) is 0 Å². The average Bonchev–Trinajstić information content (AvgIpc) is 3.26. The monoisotopic (exact) mass is 326 g/mol. The van der Waals surface area contributed by atoms with Crippen molar-refractivity contribution in [2.45, 2.75) is 12.8 Å². The number of carbonyl (C=O) groups is 2. The van der Waals surface area contributed by atoms with E-state index in [-0.39, 0.29) is 11.8 Å². The van der Waals surface area contributed by atoms with Crippen LogP contribution in [0.2, 0.25) is 0 Å². The molecule has 2 amide bonds. The summed E-state index contributed by atoms with van der Waals surface area (Å²) in [5.41, 5.74) is 1.35. The highest BCUT2D eigenvalue weighted by Crippen LogP contribution is 2.16. The quantitative estimate of drug-likeness (QED) is 0.872. The first-order valence-corrected chi connectivity index (χ1v) is 8.52. The molecule has 0 spiro atoms. The maximum absolute atomic E-state index is 12.2. The Morgan fingerprint density at radius 1 is 1.09 bits per heavy atom. The van der Waals surface area contributed by atoms with Crippen LogP contribution >= 0.6 is 11.3 Å². The van der Waals surface area contributed by atoms with Crippen LogP contribution in [0, 0.1) is 0 Å². The van der Waals surface area contributed by atoms with Crippen LogP contribution in [0.25, 0.3) is 6.08 Å². The minimum Gasteiger partial charge on any atom is -0.339 e. The molecule has 1 aliphatic heterocycles. The highest BCUT2D eigenvalue weighted by atomic mass is 32.1. The van der Waals surface area contributed by atoms with E-state index in [2.05, 4.69) is 5.32 Å². The molecular formula is C18H18N2O2S. The van der Waals surface area contributed by atoms with Crippen molar-refractivity contribution in [2.75, 3.05) is 18.4 Å². The van der Waals surface area contributed by atoms with Crippen molar-refractivity contribution >= 4 is 34.9 Å². The van der Waals surface area contributed by atoms with E-state index >= 15 is 0 Å². The summed E-state index contributed by atoms with van der Waals surface area (Å²) in [7, 11) is 0. The van der Waals surface area contributed by atoms with Crippen molar-refractivity contribution in [3.05, 3.63) is 58.3 Å². The molecule has 5 heteroatoms. The van der Waals surface area contributed by atoms with Crippen LogP contribution in [0.5, 0.6) is 0 Å². The Kier molecular flexibility index (Phi) is 4.88. The third-order valence-electron chi connectivity index (χ3n) is 3.73. The molecule has 1 aromatic heterocycles. The van der Waals surface area contributed by atoms with Gasteiger partial charge in [0, 0.05) is 35.3 Å². The predicted molar refractivity (Wildman–Crippen MR) is 93.6 cm³/mol. The van der Waals surface area contributed by atoms with Gasteiger partial charge in [-0.1, -0.05) is 6.07 Å². The van der Waals surface area contributed by atoms with Crippen molar-refractivity contribution in [3.8, 4) is 0 Å². The zero-order chi connectivity index (χ0) is 16.1. The molecule has 0 bridgehead atoms. The van der Waals surface area contributed by atoms with E-state index in [0.717, 1.165) is 30.8 Å². The molecular weight excluding hydrogens is 308 g/mol. The van der Waals surface area contributed by atoms with Gasteiger partial charge in [-0.05, 0) is 54.6 Å². The Bertz CT molecular complexity index is 699. The Morgan fingerprint density at radius 3 is 2.48 bits per heavy atom.